The number of nitrogens with two attached hydrogens (primary N) is 1. The van der Waals surface area contributed by atoms with Crippen LogP contribution in [-0.4, -0.2) is 27.0 Å². The molecule has 3 aromatic rings. The number of nitrogen functional groups attached to an aromatic ring is 1. The molecule has 116 valence electrons. The van der Waals surface area contributed by atoms with E-state index in [9.17, 15) is 4.79 Å². The van der Waals surface area contributed by atoms with Crippen LogP contribution >= 0.6 is 0 Å². The van der Waals surface area contributed by atoms with Crippen molar-refractivity contribution in [2.75, 3.05) is 12.3 Å². The minimum atomic E-state index is -0.0955. The first-order valence-electron chi connectivity index (χ1n) is 7.61. The van der Waals surface area contributed by atoms with E-state index in [2.05, 4.69) is 15.3 Å². The number of nitrogens with zero attached hydrogens (tertiary/aromatic N) is 3. The van der Waals surface area contributed by atoms with Gasteiger partial charge in [-0.2, -0.15) is 0 Å². The molecule has 1 aromatic carbocycles. The molecular formula is C17H17N5O. The number of aromatic nitrogens is 3. The molecule has 3 N–H and O–H groups in total. The highest BCUT2D eigenvalue weighted by Crippen LogP contribution is 2.23. The van der Waals surface area contributed by atoms with E-state index < -0.39 is 0 Å². The lowest BCUT2D eigenvalue weighted by Crippen LogP contribution is -2.27. The monoisotopic (exact) mass is 307 g/mol. The van der Waals surface area contributed by atoms with Crippen LogP contribution in [0, 0.1) is 6.92 Å². The lowest BCUT2D eigenvalue weighted by Gasteiger charge is -2.19. The third-order valence-corrected chi connectivity index (χ3v) is 4.29. The molecule has 0 atom stereocenters. The Balaban J connectivity index is 1.91. The first-order valence-corrected chi connectivity index (χ1v) is 7.61. The van der Waals surface area contributed by atoms with Gasteiger partial charge in [-0.1, -0.05) is 0 Å². The second-order valence-corrected chi connectivity index (χ2v) is 5.80. The quantitative estimate of drug-likeness (QED) is 0.668. The van der Waals surface area contributed by atoms with Crippen molar-refractivity contribution in [3.63, 3.8) is 0 Å². The highest BCUT2D eigenvalue weighted by molar-refractivity contribution is 6.03. The van der Waals surface area contributed by atoms with E-state index in [1.807, 2.05) is 19.2 Å². The molecule has 0 fully saturated rings. The number of hydrogen-bond acceptors (Lipinski definition) is 5. The van der Waals surface area contributed by atoms with E-state index in [1.165, 1.54) is 0 Å². The summed E-state index contributed by atoms with van der Waals surface area (Å²) in [6.45, 7) is 3.45. The maximum atomic E-state index is 13.1. The zero-order valence-corrected chi connectivity index (χ0v) is 12.8. The van der Waals surface area contributed by atoms with Crippen molar-refractivity contribution >= 4 is 22.6 Å². The van der Waals surface area contributed by atoms with Crippen LogP contribution in [0.4, 0.5) is 5.69 Å². The Morgan fingerprint density at radius 3 is 3.09 bits per heavy atom. The van der Waals surface area contributed by atoms with E-state index in [4.69, 9.17) is 5.73 Å². The Labute approximate surface area is 133 Å². The molecule has 0 amide bonds. The van der Waals surface area contributed by atoms with Crippen molar-refractivity contribution in [1.82, 2.24) is 19.9 Å². The van der Waals surface area contributed by atoms with Gasteiger partial charge < -0.3 is 11.1 Å². The number of carbonyl (C=O) groups excluding carboxylic acids is 1. The highest BCUT2D eigenvalue weighted by Gasteiger charge is 2.22. The summed E-state index contributed by atoms with van der Waals surface area (Å²) in [6.07, 6.45) is 4.31. The van der Waals surface area contributed by atoms with E-state index >= 15 is 0 Å². The van der Waals surface area contributed by atoms with Gasteiger partial charge in [-0.25, -0.2) is 4.98 Å². The van der Waals surface area contributed by atoms with Crippen molar-refractivity contribution < 1.29 is 4.79 Å². The zero-order chi connectivity index (χ0) is 16.0. The van der Waals surface area contributed by atoms with Crippen LogP contribution in [0.5, 0.6) is 0 Å². The SMILES string of the molecule is Cc1nc2ccc(N)cc2n1C(=O)c1cncc2c1CCNC2. The van der Waals surface area contributed by atoms with Crippen molar-refractivity contribution in [2.45, 2.75) is 19.9 Å². The average Bonchev–Trinajstić information content (AvgIpc) is 2.89. The van der Waals surface area contributed by atoms with Gasteiger partial charge in [0.1, 0.15) is 5.82 Å². The summed E-state index contributed by atoms with van der Waals surface area (Å²) >= 11 is 0. The number of hydrogen-bond donors (Lipinski definition) is 2. The van der Waals surface area contributed by atoms with Gasteiger partial charge >= 0.3 is 0 Å². The molecule has 6 heteroatoms. The van der Waals surface area contributed by atoms with Gasteiger partial charge in [0.15, 0.2) is 0 Å². The molecule has 0 saturated heterocycles. The van der Waals surface area contributed by atoms with Crippen molar-refractivity contribution in [1.29, 1.82) is 0 Å². The Morgan fingerprint density at radius 1 is 1.35 bits per heavy atom. The van der Waals surface area contributed by atoms with Gasteiger partial charge in [0, 0.05) is 24.6 Å². The third-order valence-electron chi connectivity index (χ3n) is 4.29. The summed E-state index contributed by atoms with van der Waals surface area (Å²) in [4.78, 5) is 21.9. The highest BCUT2D eigenvalue weighted by atomic mass is 16.2. The minimum absolute atomic E-state index is 0.0955. The number of aryl methyl sites for hydroxylation is 1. The number of pyridine rings is 1. The molecule has 2 aromatic heterocycles. The first kappa shape index (κ1) is 13.9. The normalized spacial score (nSPS) is 14.0. The zero-order valence-electron chi connectivity index (χ0n) is 12.8. The molecule has 1 aliphatic rings. The Kier molecular flexibility index (Phi) is 3.12. The number of fused-ring (bicyclic) bond motifs is 2. The third kappa shape index (κ3) is 2.19. The summed E-state index contributed by atoms with van der Waals surface area (Å²) in [5.41, 5.74) is 10.8. The molecule has 3 heterocycles. The van der Waals surface area contributed by atoms with Gasteiger partial charge in [0.2, 0.25) is 0 Å². The lowest BCUT2D eigenvalue weighted by molar-refractivity contribution is 0.0960. The lowest BCUT2D eigenvalue weighted by atomic mass is 9.98. The molecule has 6 nitrogen and oxygen atoms in total. The summed E-state index contributed by atoms with van der Waals surface area (Å²) < 4.78 is 1.63. The number of rotatable bonds is 1. The molecule has 23 heavy (non-hydrogen) atoms. The topological polar surface area (TPSA) is 85.8 Å². The maximum absolute atomic E-state index is 13.1. The molecule has 4 rings (SSSR count). The first-order chi connectivity index (χ1) is 11.1. The van der Waals surface area contributed by atoms with E-state index in [1.54, 1.807) is 22.9 Å². The molecule has 0 aliphatic carbocycles. The fraction of sp³-hybridized carbons (Fsp3) is 0.235. The number of nitrogens with one attached hydrogen (secondary N) is 1. The van der Waals surface area contributed by atoms with Crippen LogP contribution in [0.1, 0.15) is 27.3 Å². The number of benzene rings is 1. The Bertz CT molecular complexity index is 928. The van der Waals surface area contributed by atoms with Crippen LogP contribution in [0.25, 0.3) is 11.0 Å². The fourth-order valence-corrected chi connectivity index (χ4v) is 3.19. The molecule has 0 spiro atoms. The van der Waals surface area contributed by atoms with Crippen LogP contribution < -0.4 is 11.1 Å². The molecular weight excluding hydrogens is 290 g/mol. The minimum Gasteiger partial charge on any atom is -0.399 e. The summed E-state index contributed by atoms with van der Waals surface area (Å²) in [6, 6.07) is 5.42. The fourth-order valence-electron chi connectivity index (χ4n) is 3.19. The number of carbonyl (C=O) groups is 1. The predicted octanol–water partition coefficient (Wildman–Crippen LogP) is 1.66. The van der Waals surface area contributed by atoms with Gasteiger partial charge in [-0.15, -0.1) is 0 Å². The van der Waals surface area contributed by atoms with Crippen molar-refractivity contribution in [3.05, 3.63) is 53.1 Å². The van der Waals surface area contributed by atoms with E-state index in [-0.39, 0.29) is 5.91 Å². The van der Waals surface area contributed by atoms with Crippen LogP contribution in [0.2, 0.25) is 0 Å². The smallest absolute Gasteiger partial charge is 0.265 e. The predicted molar refractivity (Wildman–Crippen MR) is 88.3 cm³/mol. The Hall–Kier alpha value is -2.73. The van der Waals surface area contributed by atoms with E-state index in [0.29, 0.717) is 17.1 Å². The van der Waals surface area contributed by atoms with Gasteiger partial charge in [-0.05, 0) is 49.2 Å². The summed E-state index contributed by atoms with van der Waals surface area (Å²) in [5, 5.41) is 3.30. The second-order valence-electron chi connectivity index (χ2n) is 5.80. The van der Waals surface area contributed by atoms with Gasteiger partial charge in [0.25, 0.3) is 5.91 Å². The van der Waals surface area contributed by atoms with Crippen LogP contribution in [-0.2, 0) is 13.0 Å². The van der Waals surface area contributed by atoms with Crippen LogP contribution in [0.15, 0.2) is 30.6 Å². The van der Waals surface area contributed by atoms with Crippen LogP contribution in [0.3, 0.4) is 0 Å². The Morgan fingerprint density at radius 2 is 2.22 bits per heavy atom. The molecule has 0 bridgehead atoms. The average molecular weight is 307 g/mol. The van der Waals surface area contributed by atoms with Gasteiger partial charge in [0.05, 0.1) is 16.6 Å². The number of imidazole rings is 1. The molecule has 0 saturated carbocycles. The van der Waals surface area contributed by atoms with Crippen molar-refractivity contribution in [3.8, 4) is 0 Å². The van der Waals surface area contributed by atoms with E-state index in [0.717, 1.165) is 41.7 Å². The van der Waals surface area contributed by atoms with Crippen molar-refractivity contribution in [2.24, 2.45) is 0 Å². The molecule has 0 radical (unpaired) electrons. The number of anilines is 1. The summed E-state index contributed by atoms with van der Waals surface area (Å²) in [5.74, 6) is 0.559. The standard InChI is InChI=1S/C17H17N5O/c1-10-21-15-3-2-12(18)6-16(15)22(10)17(23)14-9-20-8-11-7-19-5-4-13(11)14/h2-3,6,8-9,19H,4-5,7,18H2,1H3. The molecule has 0 unspecified atom stereocenters. The van der Waals surface area contributed by atoms with Gasteiger partial charge in [-0.3, -0.25) is 14.3 Å². The molecule has 1 aliphatic heterocycles. The second kappa shape index (κ2) is 5.17. The summed E-state index contributed by atoms with van der Waals surface area (Å²) in [7, 11) is 0. The largest absolute Gasteiger partial charge is 0.399 e. The maximum Gasteiger partial charge on any atom is 0.265 e.